The number of rotatable bonds is 9. The van der Waals surface area contributed by atoms with Gasteiger partial charge in [-0.25, -0.2) is 0 Å². The summed E-state index contributed by atoms with van der Waals surface area (Å²) < 4.78 is 16.6. The average molecular weight is 388 g/mol. The van der Waals surface area contributed by atoms with Crippen molar-refractivity contribution in [1.82, 2.24) is 4.90 Å². The van der Waals surface area contributed by atoms with E-state index in [-0.39, 0.29) is 11.3 Å². The third kappa shape index (κ3) is 4.96. The summed E-state index contributed by atoms with van der Waals surface area (Å²) in [6.07, 6.45) is 0.828. The number of nitrogens with zero attached hydrogens (tertiary/aromatic N) is 1. The van der Waals surface area contributed by atoms with Crippen LogP contribution < -0.4 is 9.47 Å². The van der Waals surface area contributed by atoms with E-state index in [0.717, 1.165) is 17.5 Å². The van der Waals surface area contributed by atoms with E-state index in [0.29, 0.717) is 37.0 Å². The van der Waals surface area contributed by atoms with E-state index in [2.05, 4.69) is 0 Å². The first-order chi connectivity index (χ1) is 13.2. The minimum absolute atomic E-state index is 0.00595. The van der Waals surface area contributed by atoms with Crippen LogP contribution in [0.2, 0.25) is 0 Å². The van der Waals surface area contributed by atoms with Crippen molar-refractivity contribution >= 4 is 17.7 Å². The van der Waals surface area contributed by atoms with E-state index in [1.165, 1.54) is 0 Å². The number of carbonyl (C=O) groups is 1. The molecule has 1 saturated heterocycles. The molecule has 5 nitrogen and oxygen atoms in total. The summed E-state index contributed by atoms with van der Waals surface area (Å²) in [5.74, 6) is 2.06. The number of methoxy groups -OCH3 is 2. The molecule has 1 amide bonds. The number of thioether (sulfide) groups is 1. The Kier molecular flexibility index (Phi) is 7.01. The molecule has 0 aromatic heterocycles. The number of hydrogen-bond donors (Lipinski definition) is 0. The van der Waals surface area contributed by atoms with Crippen molar-refractivity contribution in [3.63, 3.8) is 0 Å². The molecule has 1 atom stereocenters. The fraction of sp³-hybridized carbons (Fsp3) is 0.381. The van der Waals surface area contributed by atoms with E-state index in [1.54, 1.807) is 26.0 Å². The summed E-state index contributed by atoms with van der Waals surface area (Å²) >= 11 is 1.64. The van der Waals surface area contributed by atoms with E-state index in [9.17, 15) is 4.79 Å². The highest BCUT2D eigenvalue weighted by atomic mass is 32.2. The van der Waals surface area contributed by atoms with E-state index < -0.39 is 0 Å². The predicted octanol–water partition coefficient (Wildman–Crippen LogP) is 3.88. The van der Waals surface area contributed by atoms with Crippen LogP contribution in [0.3, 0.4) is 0 Å². The molecule has 6 heteroatoms. The topological polar surface area (TPSA) is 48.0 Å². The lowest BCUT2D eigenvalue weighted by molar-refractivity contribution is -0.128. The van der Waals surface area contributed by atoms with Crippen molar-refractivity contribution in [2.24, 2.45) is 0 Å². The molecule has 1 fully saturated rings. The zero-order chi connectivity index (χ0) is 19.1. The van der Waals surface area contributed by atoms with E-state index in [4.69, 9.17) is 14.2 Å². The molecule has 144 valence electrons. The van der Waals surface area contributed by atoms with Gasteiger partial charge < -0.3 is 19.1 Å². The Labute approximate surface area is 164 Å². The van der Waals surface area contributed by atoms with Gasteiger partial charge >= 0.3 is 0 Å². The summed E-state index contributed by atoms with van der Waals surface area (Å²) in [4.78, 5) is 14.2. The summed E-state index contributed by atoms with van der Waals surface area (Å²) in [5, 5.41) is 0.00595. The third-order valence-electron chi connectivity index (χ3n) is 4.43. The molecule has 3 rings (SSSR count). The normalized spacial score (nSPS) is 16.6. The fourth-order valence-electron chi connectivity index (χ4n) is 3.04. The maximum absolute atomic E-state index is 12.2. The zero-order valence-corrected chi connectivity index (χ0v) is 16.5. The molecule has 0 N–H and O–H groups in total. The van der Waals surface area contributed by atoms with Gasteiger partial charge in [0.15, 0.2) is 11.5 Å². The van der Waals surface area contributed by atoms with Crippen LogP contribution in [0, 0.1) is 0 Å². The van der Waals surface area contributed by atoms with Gasteiger partial charge in [0.25, 0.3) is 0 Å². The molecule has 1 unspecified atom stereocenters. The lowest BCUT2D eigenvalue weighted by atomic mass is 10.1. The van der Waals surface area contributed by atoms with Gasteiger partial charge in [0.05, 0.1) is 12.9 Å². The average Bonchev–Trinajstić information content (AvgIpc) is 3.08. The van der Waals surface area contributed by atoms with Gasteiger partial charge in [-0.3, -0.25) is 4.79 Å². The molecule has 0 radical (unpaired) electrons. The molecular weight excluding hydrogens is 362 g/mol. The van der Waals surface area contributed by atoms with Crippen LogP contribution in [-0.4, -0.2) is 43.9 Å². The van der Waals surface area contributed by atoms with Crippen molar-refractivity contribution in [1.29, 1.82) is 0 Å². The number of amides is 1. The SMILES string of the molecule is COCCCN1C(=O)CSC1c1ccc(OCc2ccccc2)c(OC)c1. The number of benzene rings is 2. The largest absolute Gasteiger partial charge is 0.493 e. The van der Waals surface area contributed by atoms with Gasteiger partial charge in [-0.05, 0) is 29.7 Å². The molecule has 1 aliphatic rings. The van der Waals surface area contributed by atoms with Crippen molar-refractivity contribution in [2.75, 3.05) is 33.1 Å². The summed E-state index contributed by atoms with van der Waals surface area (Å²) in [7, 11) is 3.31. The van der Waals surface area contributed by atoms with E-state index >= 15 is 0 Å². The smallest absolute Gasteiger partial charge is 0.233 e. The Morgan fingerprint density at radius 3 is 2.67 bits per heavy atom. The number of hydrogen-bond acceptors (Lipinski definition) is 5. The molecule has 0 saturated carbocycles. The van der Waals surface area contributed by atoms with Crippen LogP contribution in [0.5, 0.6) is 11.5 Å². The van der Waals surface area contributed by atoms with Crippen molar-refractivity contribution in [3.05, 3.63) is 59.7 Å². The molecule has 0 spiro atoms. The molecule has 0 bridgehead atoms. The minimum atomic E-state index is 0.00595. The third-order valence-corrected chi connectivity index (χ3v) is 5.68. The second kappa shape index (κ2) is 9.67. The Bertz CT molecular complexity index is 753. The van der Waals surface area contributed by atoms with Gasteiger partial charge in [-0.1, -0.05) is 36.4 Å². The van der Waals surface area contributed by atoms with Crippen molar-refractivity contribution < 1.29 is 19.0 Å². The first-order valence-electron chi connectivity index (χ1n) is 8.97. The van der Waals surface area contributed by atoms with Gasteiger partial charge in [-0.2, -0.15) is 0 Å². The maximum Gasteiger partial charge on any atom is 0.233 e. The molecule has 27 heavy (non-hydrogen) atoms. The predicted molar refractivity (Wildman–Crippen MR) is 107 cm³/mol. The van der Waals surface area contributed by atoms with Gasteiger partial charge in [0.2, 0.25) is 5.91 Å². The molecule has 0 aliphatic carbocycles. The van der Waals surface area contributed by atoms with Crippen LogP contribution >= 0.6 is 11.8 Å². The first-order valence-corrected chi connectivity index (χ1v) is 10.0. The fourth-order valence-corrected chi connectivity index (χ4v) is 4.25. The van der Waals surface area contributed by atoms with Crippen LogP contribution in [0.25, 0.3) is 0 Å². The molecular formula is C21H25NO4S. The second-order valence-corrected chi connectivity index (χ2v) is 7.35. The molecule has 1 heterocycles. The van der Waals surface area contributed by atoms with Crippen molar-refractivity contribution in [3.8, 4) is 11.5 Å². The summed E-state index contributed by atoms with van der Waals surface area (Å²) in [6.45, 7) is 1.83. The lowest BCUT2D eigenvalue weighted by Crippen LogP contribution is -2.29. The van der Waals surface area contributed by atoms with Crippen LogP contribution in [0.4, 0.5) is 0 Å². The maximum atomic E-state index is 12.2. The Balaban J connectivity index is 1.71. The van der Waals surface area contributed by atoms with E-state index in [1.807, 2.05) is 53.4 Å². The Hall–Kier alpha value is -2.18. The van der Waals surface area contributed by atoms with Crippen LogP contribution in [-0.2, 0) is 16.1 Å². The molecule has 2 aromatic rings. The monoisotopic (exact) mass is 387 g/mol. The molecule has 2 aromatic carbocycles. The van der Waals surface area contributed by atoms with Gasteiger partial charge in [0, 0.05) is 20.3 Å². The highest BCUT2D eigenvalue weighted by Crippen LogP contribution is 2.41. The van der Waals surface area contributed by atoms with Gasteiger partial charge in [-0.15, -0.1) is 11.8 Å². The van der Waals surface area contributed by atoms with Crippen LogP contribution in [0.1, 0.15) is 22.9 Å². The number of ether oxygens (including phenoxy) is 3. The minimum Gasteiger partial charge on any atom is -0.493 e. The molecule has 1 aliphatic heterocycles. The Morgan fingerprint density at radius 2 is 1.93 bits per heavy atom. The standard InChI is InChI=1S/C21H25NO4S/c1-24-12-6-11-22-20(23)15-27-21(22)17-9-10-18(19(13-17)25-2)26-14-16-7-4-3-5-8-16/h3-5,7-10,13,21H,6,11-12,14-15H2,1-2H3. The number of carbonyl (C=O) groups excluding carboxylic acids is 1. The van der Waals surface area contributed by atoms with Crippen LogP contribution in [0.15, 0.2) is 48.5 Å². The summed E-state index contributed by atoms with van der Waals surface area (Å²) in [5.41, 5.74) is 2.15. The first kappa shape index (κ1) is 19.6. The van der Waals surface area contributed by atoms with Gasteiger partial charge in [0.1, 0.15) is 12.0 Å². The Morgan fingerprint density at radius 1 is 1.11 bits per heavy atom. The quantitative estimate of drug-likeness (QED) is 0.611. The second-order valence-electron chi connectivity index (χ2n) is 6.28. The summed E-state index contributed by atoms with van der Waals surface area (Å²) in [6, 6.07) is 15.9. The lowest BCUT2D eigenvalue weighted by Gasteiger charge is -2.25. The van der Waals surface area contributed by atoms with Crippen molar-refractivity contribution in [2.45, 2.75) is 18.4 Å². The zero-order valence-electron chi connectivity index (χ0n) is 15.7. The highest BCUT2D eigenvalue weighted by molar-refractivity contribution is 8.00. The highest BCUT2D eigenvalue weighted by Gasteiger charge is 2.32.